The van der Waals surface area contributed by atoms with Crippen molar-refractivity contribution in [2.45, 2.75) is 40.2 Å². The van der Waals surface area contributed by atoms with Crippen molar-refractivity contribution >= 4 is 6.09 Å². The highest BCUT2D eigenvalue weighted by atomic mass is 16.6. The standard InChI is InChI=1S/C16H19NO3.C2H6/c1-16(2,3)20-15(18)17-11-5-6-14(17)12-7-9-13(19-4)10-8-12;1-2/h5-11H,1-4H3;1-2H3. The van der Waals surface area contributed by atoms with Crippen LogP contribution in [-0.2, 0) is 4.74 Å². The van der Waals surface area contributed by atoms with Gasteiger partial charge < -0.3 is 9.47 Å². The third kappa shape index (κ3) is 4.65. The van der Waals surface area contributed by atoms with E-state index in [4.69, 9.17) is 9.47 Å². The molecule has 1 aromatic carbocycles. The van der Waals surface area contributed by atoms with E-state index in [1.54, 1.807) is 13.3 Å². The second-order valence-electron chi connectivity index (χ2n) is 5.47. The number of carbonyl (C=O) groups is 1. The molecule has 0 fully saturated rings. The normalized spacial score (nSPS) is 10.5. The average Bonchev–Trinajstić information content (AvgIpc) is 2.97. The van der Waals surface area contributed by atoms with Gasteiger partial charge in [-0.15, -0.1) is 0 Å². The van der Waals surface area contributed by atoms with Gasteiger partial charge in [0.05, 0.1) is 12.8 Å². The second-order valence-corrected chi connectivity index (χ2v) is 5.47. The molecule has 1 aromatic heterocycles. The molecule has 0 saturated heterocycles. The Morgan fingerprint density at radius 1 is 1.05 bits per heavy atom. The van der Waals surface area contributed by atoms with Gasteiger partial charge in [-0.3, -0.25) is 4.57 Å². The van der Waals surface area contributed by atoms with Gasteiger partial charge in [0, 0.05) is 6.20 Å². The molecule has 0 unspecified atom stereocenters. The Labute approximate surface area is 132 Å². The lowest BCUT2D eigenvalue weighted by molar-refractivity contribution is 0.0540. The number of aromatic nitrogens is 1. The first-order valence-electron chi connectivity index (χ1n) is 7.46. The van der Waals surface area contributed by atoms with Crippen molar-refractivity contribution in [1.29, 1.82) is 0 Å². The summed E-state index contributed by atoms with van der Waals surface area (Å²) in [6.07, 6.45) is 1.32. The molecule has 0 atom stereocenters. The lowest BCUT2D eigenvalue weighted by Gasteiger charge is -2.20. The zero-order valence-electron chi connectivity index (χ0n) is 14.2. The summed E-state index contributed by atoms with van der Waals surface area (Å²) in [6.45, 7) is 9.55. The molecule has 4 heteroatoms. The highest BCUT2D eigenvalue weighted by molar-refractivity contribution is 5.78. The molecule has 0 saturated carbocycles. The first-order valence-corrected chi connectivity index (χ1v) is 7.46. The molecule has 0 N–H and O–H groups in total. The lowest BCUT2D eigenvalue weighted by Crippen LogP contribution is -2.27. The largest absolute Gasteiger partial charge is 0.497 e. The van der Waals surface area contributed by atoms with Gasteiger partial charge in [-0.05, 0) is 62.7 Å². The zero-order chi connectivity index (χ0) is 16.8. The molecule has 0 aliphatic rings. The van der Waals surface area contributed by atoms with E-state index in [1.165, 1.54) is 4.57 Å². The molecule has 0 radical (unpaired) electrons. The lowest BCUT2D eigenvalue weighted by atomic mass is 10.1. The Bertz CT molecular complexity index is 592. The van der Waals surface area contributed by atoms with E-state index in [0.29, 0.717) is 0 Å². The number of hydrogen-bond donors (Lipinski definition) is 0. The number of methoxy groups -OCH3 is 1. The number of benzene rings is 1. The van der Waals surface area contributed by atoms with Gasteiger partial charge in [0.25, 0.3) is 0 Å². The second kappa shape index (κ2) is 7.69. The first-order chi connectivity index (χ1) is 10.4. The summed E-state index contributed by atoms with van der Waals surface area (Å²) in [7, 11) is 1.62. The Morgan fingerprint density at radius 3 is 2.14 bits per heavy atom. The van der Waals surface area contributed by atoms with E-state index >= 15 is 0 Å². The van der Waals surface area contributed by atoms with Gasteiger partial charge in [0.2, 0.25) is 0 Å². The molecule has 0 aliphatic carbocycles. The van der Waals surface area contributed by atoms with Gasteiger partial charge in [-0.2, -0.15) is 0 Å². The van der Waals surface area contributed by atoms with Crippen molar-refractivity contribution < 1.29 is 14.3 Å². The van der Waals surface area contributed by atoms with Crippen molar-refractivity contribution in [3.05, 3.63) is 42.6 Å². The monoisotopic (exact) mass is 303 g/mol. The quantitative estimate of drug-likeness (QED) is 0.786. The number of carbonyl (C=O) groups excluding carboxylic acids is 1. The van der Waals surface area contributed by atoms with E-state index < -0.39 is 5.60 Å². The SMILES string of the molecule is CC.COc1ccc(-c2cccn2C(=O)OC(C)(C)C)cc1. The fraction of sp³-hybridized carbons (Fsp3) is 0.389. The minimum absolute atomic E-state index is 0.381. The molecule has 0 aliphatic heterocycles. The maximum Gasteiger partial charge on any atom is 0.418 e. The Balaban J connectivity index is 0.00000116. The van der Waals surface area contributed by atoms with Crippen LogP contribution in [0.15, 0.2) is 42.6 Å². The van der Waals surface area contributed by atoms with Crippen LogP contribution < -0.4 is 4.74 Å². The van der Waals surface area contributed by atoms with E-state index in [9.17, 15) is 4.79 Å². The molecule has 120 valence electrons. The summed E-state index contributed by atoms with van der Waals surface area (Å²) < 4.78 is 12.0. The predicted octanol–water partition coefficient (Wildman–Crippen LogP) is 4.97. The minimum atomic E-state index is -0.515. The molecule has 0 spiro atoms. The summed E-state index contributed by atoms with van der Waals surface area (Å²) in [5, 5.41) is 0. The zero-order valence-corrected chi connectivity index (χ0v) is 14.2. The molecule has 4 nitrogen and oxygen atoms in total. The van der Waals surface area contributed by atoms with Crippen LogP contribution in [0.3, 0.4) is 0 Å². The third-order valence-corrected chi connectivity index (χ3v) is 2.72. The van der Waals surface area contributed by atoms with Crippen LogP contribution in [-0.4, -0.2) is 23.4 Å². The smallest absolute Gasteiger partial charge is 0.418 e. The molecule has 0 bridgehead atoms. The van der Waals surface area contributed by atoms with Crippen molar-refractivity contribution in [2.75, 3.05) is 7.11 Å². The molecular formula is C18H25NO3. The Kier molecular flexibility index (Phi) is 6.23. The maximum atomic E-state index is 12.2. The molecule has 0 amide bonds. The van der Waals surface area contributed by atoms with Gasteiger partial charge in [0.15, 0.2) is 0 Å². The summed E-state index contributed by atoms with van der Waals surface area (Å²) in [5.74, 6) is 0.782. The van der Waals surface area contributed by atoms with Crippen molar-refractivity contribution in [3.63, 3.8) is 0 Å². The van der Waals surface area contributed by atoms with Crippen LogP contribution in [0.1, 0.15) is 34.6 Å². The molecule has 2 aromatic rings. The van der Waals surface area contributed by atoms with Crippen LogP contribution >= 0.6 is 0 Å². The van der Waals surface area contributed by atoms with E-state index in [-0.39, 0.29) is 6.09 Å². The van der Waals surface area contributed by atoms with Crippen molar-refractivity contribution in [2.24, 2.45) is 0 Å². The van der Waals surface area contributed by atoms with Gasteiger partial charge >= 0.3 is 6.09 Å². The number of ether oxygens (including phenoxy) is 2. The number of hydrogen-bond acceptors (Lipinski definition) is 3. The summed E-state index contributed by atoms with van der Waals surface area (Å²) in [6, 6.07) is 11.3. The highest BCUT2D eigenvalue weighted by Crippen LogP contribution is 2.24. The number of nitrogens with zero attached hydrogens (tertiary/aromatic N) is 1. The molecule has 2 rings (SSSR count). The molecular weight excluding hydrogens is 278 g/mol. The topological polar surface area (TPSA) is 40.5 Å². The van der Waals surface area contributed by atoms with Crippen molar-refractivity contribution in [3.8, 4) is 17.0 Å². The van der Waals surface area contributed by atoms with Crippen LogP contribution in [0.2, 0.25) is 0 Å². The van der Waals surface area contributed by atoms with E-state index in [1.807, 2.05) is 71.0 Å². The van der Waals surface area contributed by atoms with E-state index in [2.05, 4.69) is 0 Å². The minimum Gasteiger partial charge on any atom is -0.497 e. The Morgan fingerprint density at radius 2 is 1.64 bits per heavy atom. The van der Waals surface area contributed by atoms with Gasteiger partial charge in [-0.25, -0.2) is 4.79 Å². The van der Waals surface area contributed by atoms with E-state index in [0.717, 1.165) is 17.0 Å². The maximum absolute atomic E-state index is 12.2. The molecule has 1 heterocycles. The van der Waals surface area contributed by atoms with Crippen molar-refractivity contribution in [1.82, 2.24) is 4.57 Å². The first kappa shape index (κ1) is 17.8. The fourth-order valence-corrected chi connectivity index (χ4v) is 1.85. The predicted molar refractivity (Wildman–Crippen MR) is 89.4 cm³/mol. The van der Waals surface area contributed by atoms with Crippen LogP contribution in [0.5, 0.6) is 5.75 Å². The van der Waals surface area contributed by atoms with Crippen LogP contribution in [0.4, 0.5) is 4.79 Å². The summed E-state index contributed by atoms with van der Waals surface area (Å²) >= 11 is 0. The molecule has 22 heavy (non-hydrogen) atoms. The van der Waals surface area contributed by atoms with Crippen LogP contribution in [0.25, 0.3) is 11.3 Å². The third-order valence-electron chi connectivity index (χ3n) is 2.72. The Hall–Kier alpha value is -2.23. The fourth-order valence-electron chi connectivity index (χ4n) is 1.85. The highest BCUT2D eigenvalue weighted by Gasteiger charge is 2.19. The number of rotatable bonds is 2. The van der Waals surface area contributed by atoms with Gasteiger partial charge in [0.1, 0.15) is 11.4 Å². The summed E-state index contributed by atoms with van der Waals surface area (Å²) in [4.78, 5) is 12.2. The summed E-state index contributed by atoms with van der Waals surface area (Å²) in [5.41, 5.74) is 1.21. The van der Waals surface area contributed by atoms with Crippen LogP contribution in [0, 0.1) is 0 Å². The van der Waals surface area contributed by atoms with Gasteiger partial charge in [-0.1, -0.05) is 13.8 Å². The average molecular weight is 303 g/mol.